The van der Waals surface area contributed by atoms with Crippen molar-refractivity contribution in [1.82, 2.24) is 5.32 Å². The van der Waals surface area contributed by atoms with E-state index in [0.717, 1.165) is 38.8 Å². The van der Waals surface area contributed by atoms with Crippen molar-refractivity contribution in [2.75, 3.05) is 25.2 Å². The Hall–Kier alpha value is -0.130. The van der Waals surface area contributed by atoms with Crippen molar-refractivity contribution in [3.63, 3.8) is 0 Å². The normalized spacial score (nSPS) is 22.8. The second kappa shape index (κ2) is 7.34. The van der Waals surface area contributed by atoms with Crippen molar-refractivity contribution >= 4 is 9.84 Å². The first kappa shape index (κ1) is 14.9. The van der Waals surface area contributed by atoms with E-state index in [4.69, 9.17) is 4.74 Å². The zero-order chi connectivity index (χ0) is 12.7. The molecular formula is C12H25NO3S. The van der Waals surface area contributed by atoms with Crippen molar-refractivity contribution < 1.29 is 13.2 Å². The summed E-state index contributed by atoms with van der Waals surface area (Å²) >= 11 is 0. The number of hydrogen-bond acceptors (Lipinski definition) is 4. The fourth-order valence-corrected chi connectivity index (χ4v) is 3.38. The van der Waals surface area contributed by atoms with Crippen LogP contribution >= 0.6 is 0 Å². The van der Waals surface area contributed by atoms with E-state index in [1.54, 1.807) is 0 Å². The summed E-state index contributed by atoms with van der Waals surface area (Å²) in [6.07, 6.45) is 7.07. The van der Waals surface area contributed by atoms with Gasteiger partial charge in [0.2, 0.25) is 0 Å². The zero-order valence-electron chi connectivity index (χ0n) is 10.9. The molecule has 1 heterocycles. The molecule has 4 nitrogen and oxygen atoms in total. The topological polar surface area (TPSA) is 55.4 Å². The van der Waals surface area contributed by atoms with Crippen LogP contribution in [0.5, 0.6) is 0 Å². The first-order valence-electron chi connectivity index (χ1n) is 6.54. The molecule has 1 rings (SSSR count). The molecule has 0 bridgehead atoms. The number of rotatable bonds is 8. The molecule has 1 fully saturated rings. The second-order valence-corrected chi connectivity index (χ2v) is 7.10. The molecule has 0 saturated carbocycles. The number of sulfone groups is 1. The van der Waals surface area contributed by atoms with Gasteiger partial charge in [-0.1, -0.05) is 6.92 Å². The third-order valence-corrected chi connectivity index (χ3v) is 4.11. The van der Waals surface area contributed by atoms with Gasteiger partial charge in [-0.2, -0.15) is 0 Å². The summed E-state index contributed by atoms with van der Waals surface area (Å²) in [6.45, 7) is 3.72. The van der Waals surface area contributed by atoms with Crippen LogP contribution < -0.4 is 5.32 Å². The fraction of sp³-hybridized carbons (Fsp3) is 1.00. The molecule has 0 radical (unpaired) electrons. The highest BCUT2D eigenvalue weighted by molar-refractivity contribution is 7.90. The smallest absolute Gasteiger partial charge is 0.148 e. The number of nitrogens with one attached hydrogen (secondary N) is 1. The van der Waals surface area contributed by atoms with Crippen LogP contribution in [0.2, 0.25) is 0 Å². The lowest BCUT2D eigenvalue weighted by Gasteiger charge is -2.17. The molecule has 1 aliphatic heterocycles. The molecule has 0 aromatic carbocycles. The third-order valence-electron chi connectivity index (χ3n) is 3.10. The van der Waals surface area contributed by atoms with Gasteiger partial charge in [-0.3, -0.25) is 0 Å². The standard InChI is InChI=1S/C12H25NO3S/c1-3-13-11(10-17(2,14)15)6-4-7-12-8-5-9-16-12/h11-13H,3-10H2,1-2H3. The lowest BCUT2D eigenvalue weighted by Crippen LogP contribution is -2.35. The summed E-state index contributed by atoms with van der Waals surface area (Å²) in [5, 5.41) is 3.24. The second-order valence-electron chi connectivity index (χ2n) is 4.91. The van der Waals surface area contributed by atoms with Crippen LogP contribution in [0, 0.1) is 0 Å². The van der Waals surface area contributed by atoms with Crippen LogP contribution in [0.25, 0.3) is 0 Å². The van der Waals surface area contributed by atoms with Crippen LogP contribution in [-0.4, -0.2) is 45.7 Å². The number of ether oxygens (including phenoxy) is 1. The predicted octanol–water partition coefficient (Wildman–Crippen LogP) is 1.36. The first-order valence-corrected chi connectivity index (χ1v) is 8.60. The van der Waals surface area contributed by atoms with E-state index in [9.17, 15) is 8.42 Å². The van der Waals surface area contributed by atoms with Gasteiger partial charge in [-0.05, 0) is 38.6 Å². The predicted molar refractivity (Wildman–Crippen MR) is 70.0 cm³/mol. The van der Waals surface area contributed by atoms with Crippen molar-refractivity contribution in [3.05, 3.63) is 0 Å². The largest absolute Gasteiger partial charge is 0.378 e. The van der Waals surface area contributed by atoms with E-state index in [1.165, 1.54) is 12.7 Å². The minimum absolute atomic E-state index is 0.0939. The van der Waals surface area contributed by atoms with Crippen molar-refractivity contribution in [3.8, 4) is 0 Å². The average molecular weight is 263 g/mol. The van der Waals surface area contributed by atoms with Crippen LogP contribution in [0.3, 0.4) is 0 Å². The van der Waals surface area contributed by atoms with Crippen molar-refractivity contribution in [2.24, 2.45) is 0 Å². The summed E-state index contributed by atoms with van der Waals surface area (Å²) < 4.78 is 28.1. The molecule has 17 heavy (non-hydrogen) atoms. The Kier molecular flexibility index (Phi) is 6.44. The highest BCUT2D eigenvalue weighted by Gasteiger charge is 2.17. The lowest BCUT2D eigenvalue weighted by atomic mass is 10.1. The lowest BCUT2D eigenvalue weighted by molar-refractivity contribution is 0.101. The van der Waals surface area contributed by atoms with Crippen LogP contribution in [0.15, 0.2) is 0 Å². The molecule has 1 aliphatic rings. The van der Waals surface area contributed by atoms with E-state index < -0.39 is 9.84 Å². The summed E-state index contributed by atoms with van der Waals surface area (Å²) in [5.41, 5.74) is 0. The SMILES string of the molecule is CCNC(CCCC1CCCO1)CS(C)(=O)=O. The maximum Gasteiger partial charge on any atom is 0.148 e. The minimum atomic E-state index is -2.89. The Morgan fingerprint density at radius 2 is 2.24 bits per heavy atom. The highest BCUT2D eigenvalue weighted by atomic mass is 32.2. The summed E-state index contributed by atoms with van der Waals surface area (Å²) in [7, 11) is -2.89. The molecule has 1 N–H and O–H groups in total. The molecule has 2 atom stereocenters. The van der Waals surface area contributed by atoms with E-state index >= 15 is 0 Å². The molecule has 0 aromatic heterocycles. The van der Waals surface area contributed by atoms with E-state index in [1.807, 2.05) is 6.92 Å². The first-order chi connectivity index (χ1) is 8.01. The Balaban J connectivity index is 2.23. The van der Waals surface area contributed by atoms with Gasteiger partial charge in [0.05, 0.1) is 11.9 Å². The zero-order valence-corrected chi connectivity index (χ0v) is 11.8. The average Bonchev–Trinajstić information content (AvgIpc) is 2.68. The van der Waals surface area contributed by atoms with Gasteiger partial charge >= 0.3 is 0 Å². The molecule has 0 aliphatic carbocycles. The summed E-state index contributed by atoms with van der Waals surface area (Å²) in [5.74, 6) is 0.242. The quantitative estimate of drug-likeness (QED) is 0.718. The van der Waals surface area contributed by atoms with Crippen LogP contribution in [0.1, 0.15) is 39.0 Å². The molecule has 102 valence electrons. The van der Waals surface area contributed by atoms with E-state index in [2.05, 4.69) is 5.32 Å². The molecule has 5 heteroatoms. The number of hydrogen-bond donors (Lipinski definition) is 1. The van der Waals surface area contributed by atoms with Crippen LogP contribution in [0.4, 0.5) is 0 Å². The molecule has 0 amide bonds. The highest BCUT2D eigenvalue weighted by Crippen LogP contribution is 2.18. The monoisotopic (exact) mass is 263 g/mol. The van der Waals surface area contributed by atoms with Gasteiger partial charge in [-0.15, -0.1) is 0 Å². The van der Waals surface area contributed by atoms with Gasteiger partial charge in [-0.25, -0.2) is 8.42 Å². The molecule has 0 aromatic rings. The van der Waals surface area contributed by atoms with E-state index in [0.29, 0.717) is 6.10 Å². The fourth-order valence-electron chi connectivity index (χ4n) is 2.36. The summed E-state index contributed by atoms with van der Waals surface area (Å²) in [4.78, 5) is 0. The van der Waals surface area contributed by atoms with Crippen molar-refractivity contribution in [1.29, 1.82) is 0 Å². The Bertz CT molecular complexity index is 297. The summed E-state index contributed by atoms with van der Waals surface area (Å²) in [6, 6.07) is 0.0939. The van der Waals surface area contributed by atoms with Gasteiger partial charge in [0.15, 0.2) is 0 Å². The van der Waals surface area contributed by atoms with Gasteiger partial charge in [0.1, 0.15) is 9.84 Å². The minimum Gasteiger partial charge on any atom is -0.378 e. The molecule has 1 saturated heterocycles. The van der Waals surface area contributed by atoms with Gasteiger partial charge in [0, 0.05) is 18.9 Å². The maximum absolute atomic E-state index is 11.3. The van der Waals surface area contributed by atoms with E-state index in [-0.39, 0.29) is 11.8 Å². The molecule has 2 unspecified atom stereocenters. The molecular weight excluding hydrogens is 238 g/mol. The van der Waals surface area contributed by atoms with Gasteiger partial charge < -0.3 is 10.1 Å². The Labute approximate surface area is 105 Å². The van der Waals surface area contributed by atoms with Gasteiger partial charge in [0.25, 0.3) is 0 Å². The Morgan fingerprint density at radius 1 is 1.47 bits per heavy atom. The third kappa shape index (κ3) is 7.01. The maximum atomic E-state index is 11.3. The van der Waals surface area contributed by atoms with Crippen molar-refractivity contribution in [2.45, 2.75) is 51.2 Å². The van der Waals surface area contributed by atoms with Crippen LogP contribution in [-0.2, 0) is 14.6 Å². The Morgan fingerprint density at radius 3 is 2.76 bits per heavy atom. The molecule has 0 spiro atoms.